The van der Waals surface area contributed by atoms with E-state index < -0.39 is 0 Å². The van der Waals surface area contributed by atoms with Crippen LogP contribution in [0.4, 0.5) is 0 Å². The molecule has 0 bridgehead atoms. The van der Waals surface area contributed by atoms with Gasteiger partial charge in [0.15, 0.2) is 0 Å². The van der Waals surface area contributed by atoms with Crippen molar-refractivity contribution in [2.75, 3.05) is 19.8 Å². The summed E-state index contributed by atoms with van der Waals surface area (Å²) in [6, 6.07) is 7.26. The van der Waals surface area contributed by atoms with E-state index in [9.17, 15) is 4.79 Å². The number of hydrogen-bond donors (Lipinski definition) is 0. The average molecular weight is 249 g/mol. The molecular formula is C14H19NO3. The van der Waals surface area contributed by atoms with Crippen LogP contribution in [0.2, 0.25) is 0 Å². The average Bonchev–Trinajstić information content (AvgIpc) is 2.45. The summed E-state index contributed by atoms with van der Waals surface area (Å²) in [6.07, 6.45) is 2.97. The predicted molar refractivity (Wildman–Crippen MR) is 68.5 cm³/mol. The molecule has 0 atom stereocenters. The number of carbonyl (C=O) groups excluding carboxylic acids is 1. The highest BCUT2D eigenvalue weighted by atomic mass is 16.7. The molecule has 0 aromatic heterocycles. The number of hydroxylamine groups is 2. The fraction of sp³-hybridized carbons (Fsp3) is 0.500. The molecule has 1 saturated heterocycles. The number of ether oxygens (including phenoxy) is 1. The Morgan fingerprint density at radius 3 is 3.06 bits per heavy atom. The van der Waals surface area contributed by atoms with Gasteiger partial charge in [0.2, 0.25) is 0 Å². The number of hydrogen-bond acceptors (Lipinski definition) is 3. The van der Waals surface area contributed by atoms with E-state index in [2.05, 4.69) is 6.92 Å². The first-order valence-electron chi connectivity index (χ1n) is 6.49. The Morgan fingerprint density at radius 1 is 1.44 bits per heavy atom. The maximum absolute atomic E-state index is 12.2. The first-order valence-corrected chi connectivity index (χ1v) is 6.49. The highest BCUT2D eigenvalue weighted by Gasteiger charge is 2.19. The van der Waals surface area contributed by atoms with Crippen LogP contribution in [0.25, 0.3) is 0 Å². The van der Waals surface area contributed by atoms with Crippen LogP contribution < -0.4 is 4.74 Å². The van der Waals surface area contributed by atoms with Crippen molar-refractivity contribution < 1.29 is 14.4 Å². The van der Waals surface area contributed by atoms with Crippen LogP contribution in [0.15, 0.2) is 24.3 Å². The minimum atomic E-state index is -0.0864. The number of carbonyl (C=O) groups is 1. The fourth-order valence-corrected chi connectivity index (χ4v) is 1.84. The van der Waals surface area contributed by atoms with Gasteiger partial charge in [-0.2, -0.15) is 0 Å². The lowest BCUT2D eigenvalue weighted by atomic mass is 10.2. The number of nitrogens with zero attached hydrogens (tertiary/aromatic N) is 1. The molecule has 0 spiro atoms. The van der Waals surface area contributed by atoms with Crippen LogP contribution in [-0.4, -0.2) is 30.7 Å². The normalized spacial score (nSPS) is 15.5. The topological polar surface area (TPSA) is 38.8 Å². The molecule has 4 nitrogen and oxygen atoms in total. The van der Waals surface area contributed by atoms with Gasteiger partial charge in [0.1, 0.15) is 5.75 Å². The maximum atomic E-state index is 12.2. The number of rotatable bonds is 4. The summed E-state index contributed by atoms with van der Waals surface area (Å²) in [5, 5.41) is 1.45. The molecule has 18 heavy (non-hydrogen) atoms. The van der Waals surface area contributed by atoms with Crippen molar-refractivity contribution in [2.24, 2.45) is 0 Å². The van der Waals surface area contributed by atoms with E-state index in [1.54, 1.807) is 12.1 Å². The van der Waals surface area contributed by atoms with Crippen molar-refractivity contribution in [3.05, 3.63) is 29.8 Å². The van der Waals surface area contributed by atoms with Crippen LogP contribution in [0.1, 0.15) is 36.5 Å². The third-order valence-electron chi connectivity index (χ3n) is 2.78. The monoisotopic (exact) mass is 249 g/mol. The van der Waals surface area contributed by atoms with Crippen LogP contribution in [-0.2, 0) is 4.84 Å². The number of benzene rings is 1. The minimum absolute atomic E-state index is 0.0864. The first-order chi connectivity index (χ1) is 8.81. The van der Waals surface area contributed by atoms with E-state index >= 15 is 0 Å². The molecule has 0 saturated carbocycles. The van der Waals surface area contributed by atoms with Gasteiger partial charge in [0, 0.05) is 12.1 Å². The molecule has 0 aliphatic carbocycles. The molecule has 1 fully saturated rings. The van der Waals surface area contributed by atoms with Crippen molar-refractivity contribution >= 4 is 5.91 Å². The van der Waals surface area contributed by atoms with Gasteiger partial charge in [-0.05, 0) is 37.5 Å². The molecule has 1 aliphatic rings. The molecule has 0 unspecified atom stereocenters. The maximum Gasteiger partial charge on any atom is 0.277 e. The van der Waals surface area contributed by atoms with Gasteiger partial charge in [-0.1, -0.05) is 13.0 Å². The van der Waals surface area contributed by atoms with Crippen molar-refractivity contribution in [3.63, 3.8) is 0 Å². The van der Waals surface area contributed by atoms with Gasteiger partial charge in [0.25, 0.3) is 5.91 Å². The second-order valence-corrected chi connectivity index (χ2v) is 4.32. The van der Waals surface area contributed by atoms with Crippen molar-refractivity contribution in [1.29, 1.82) is 0 Å². The van der Waals surface area contributed by atoms with E-state index in [-0.39, 0.29) is 5.91 Å². The van der Waals surface area contributed by atoms with Crippen molar-refractivity contribution in [3.8, 4) is 5.75 Å². The predicted octanol–water partition coefficient (Wildman–Crippen LogP) is 2.64. The Bertz CT molecular complexity index is 400. The smallest absolute Gasteiger partial charge is 0.277 e. The molecular weight excluding hydrogens is 230 g/mol. The lowest BCUT2D eigenvalue weighted by Gasteiger charge is -2.25. The van der Waals surface area contributed by atoms with Gasteiger partial charge in [-0.25, -0.2) is 5.06 Å². The summed E-state index contributed by atoms with van der Waals surface area (Å²) >= 11 is 0. The molecule has 1 amide bonds. The standard InChI is InChI=1S/C14H19NO3/c1-2-9-17-13-7-5-6-12(11-13)14(16)15-8-3-4-10-18-15/h5-7,11H,2-4,8-10H2,1H3. The zero-order valence-electron chi connectivity index (χ0n) is 10.7. The summed E-state index contributed by atoms with van der Waals surface area (Å²) in [6.45, 7) is 4.01. The van der Waals surface area contributed by atoms with Gasteiger partial charge >= 0.3 is 0 Å². The van der Waals surface area contributed by atoms with Crippen molar-refractivity contribution in [1.82, 2.24) is 5.06 Å². The van der Waals surface area contributed by atoms with Gasteiger partial charge in [-0.15, -0.1) is 0 Å². The summed E-state index contributed by atoms with van der Waals surface area (Å²) in [4.78, 5) is 17.5. The zero-order chi connectivity index (χ0) is 12.8. The Kier molecular flexibility index (Phi) is 4.59. The molecule has 0 N–H and O–H groups in total. The van der Waals surface area contributed by atoms with Crippen molar-refractivity contribution in [2.45, 2.75) is 26.2 Å². The molecule has 1 aromatic carbocycles. The SMILES string of the molecule is CCCOc1cccc(C(=O)N2CCCCO2)c1. The molecule has 0 radical (unpaired) electrons. The molecule has 1 aromatic rings. The summed E-state index contributed by atoms with van der Waals surface area (Å²) in [5.74, 6) is 0.649. The first kappa shape index (κ1) is 12.9. The van der Waals surface area contributed by atoms with E-state index in [0.717, 1.165) is 25.0 Å². The third kappa shape index (κ3) is 3.23. The summed E-state index contributed by atoms with van der Waals surface area (Å²) < 4.78 is 5.52. The summed E-state index contributed by atoms with van der Waals surface area (Å²) in [5.41, 5.74) is 0.616. The summed E-state index contributed by atoms with van der Waals surface area (Å²) in [7, 11) is 0. The lowest BCUT2D eigenvalue weighted by Crippen LogP contribution is -2.35. The van der Waals surface area contributed by atoms with E-state index in [0.29, 0.717) is 25.3 Å². The second kappa shape index (κ2) is 6.40. The number of amides is 1. The molecule has 1 aliphatic heterocycles. The Morgan fingerprint density at radius 2 is 2.33 bits per heavy atom. The Balaban J connectivity index is 2.04. The van der Waals surface area contributed by atoms with E-state index in [1.165, 1.54) is 5.06 Å². The quantitative estimate of drug-likeness (QED) is 0.823. The van der Waals surface area contributed by atoms with Crippen LogP contribution >= 0.6 is 0 Å². The van der Waals surface area contributed by atoms with Crippen LogP contribution in [0.5, 0.6) is 5.75 Å². The Hall–Kier alpha value is -1.55. The molecule has 98 valence electrons. The minimum Gasteiger partial charge on any atom is -0.494 e. The van der Waals surface area contributed by atoms with Crippen LogP contribution in [0.3, 0.4) is 0 Å². The third-order valence-corrected chi connectivity index (χ3v) is 2.78. The molecule has 2 rings (SSSR count). The fourth-order valence-electron chi connectivity index (χ4n) is 1.84. The molecule has 1 heterocycles. The largest absolute Gasteiger partial charge is 0.494 e. The second-order valence-electron chi connectivity index (χ2n) is 4.32. The van der Waals surface area contributed by atoms with Crippen LogP contribution in [0, 0.1) is 0 Å². The highest BCUT2D eigenvalue weighted by molar-refractivity contribution is 5.93. The van der Waals surface area contributed by atoms with Gasteiger partial charge < -0.3 is 4.74 Å². The van der Waals surface area contributed by atoms with Gasteiger partial charge in [-0.3, -0.25) is 9.63 Å². The zero-order valence-corrected chi connectivity index (χ0v) is 10.7. The molecule has 4 heteroatoms. The van der Waals surface area contributed by atoms with E-state index in [1.807, 2.05) is 12.1 Å². The lowest BCUT2D eigenvalue weighted by molar-refractivity contribution is -0.144. The Labute approximate surface area is 107 Å². The van der Waals surface area contributed by atoms with E-state index in [4.69, 9.17) is 9.57 Å². The van der Waals surface area contributed by atoms with Gasteiger partial charge in [0.05, 0.1) is 13.2 Å². The highest BCUT2D eigenvalue weighted by Crippen LogP contribution is 2.17.